The van der Waals surface area contributed by atoms with Crippen LogP contribution in [0.25, 0.3) is 86.4 Å². The summed E-state index contributed by atoms with van der Waals surface area (Å²) in [5.41, 5.74) is 9.31. The zero-order valence-corrected chi connectivity index (χ0v) is 25.0. The van der Waals surface area contributed by atoms with Crippen LogP contribution in [0.2, 0.25) is 0 Å². The van der Waals surface area contributed by atoms with E-state index in [0.717, 1.165) is 16.9 Å². The summed E-state index contributed by atoms with van der Waals surface area (Å²) in [6.07, 6.45) is 1.85. The van der Waals surface area contributed by atoms with Gasteiger partial charge in [-0.05, 0) is 66.7 Å². The number of hydrogen-bond donors (Lipinski definition) is 0. The summed E-state index contributed by atoms with van der Waals surface area (Å²) >= 11 is 1.90. The Morgan fingerprint density at radius 1 is 0.444 bits per heavy atom. The van der Waals surface area contributed by atoms with Crippen LogP contribution in [0.5, 0.6) is 0 Å². The summed E-state index contributed by atoms with van der Waals surface area (Å²) in [5, 5.41) is 7.75. The number of aromatic nitrogens is 3. The van der Waals surface area contributed by atoms with Gasteiger partial charge in [0.05, 0.1) is 27.8 Å². The van der Waals surface area contributed by atoms with Gasteiger partial charge in [0, 0.05) is 64.9 Å². The topological polar surface area (TPSA) is 22.8 Å². The molecule has 0 N–H and O–H groups in total. The molecule has 10 rings (SSSR count). The Bertz CT molecular complexity index is 2710. The zero-order valence-electron chi connectivity index (χ0n) is 24.2. The number of thiophene rings is 1. The van der Waals surface area contributed by atoms with E-state index in [4.69, 9.17) is 0 Å². The Kier molecular flexibility index (Phi) is 5.16. The molecule has 0 amide bonds. The minimum atomic E-state index is 0.978. The average Bonchev–Trinajstić information content (AvgIpc) is 3.76. The molecule has 0 saturated heterocycles. The molecule has 6 aromatic carbocycles. The maximum Gasteiger partial charge on any atom is 0.0702 e. The van der Waals surface area contributed by atoms with E-state index in [0.29, 0.717) is 0 Å². The fourth-order valence-electron chi connectivity index (χ4n) is 7.23. The van der Waals surface area contributed by atoms with Crippen LogP contribution < -0.4 is 0 Å². The Morgan fingerprint density at radius 2 is 1.11 bits per heavy atom. The van der Waals surface area contributed by atoms with Gasteiger partial charge in [-0.25, -0.2) is 0 Å². The Balaban J connectivity index is 1.23. The second kappa shape index (κ2) is 9.39. The molecule has 0 bridgehead atoms. The number of rotatable bonds is 3. The molecule has 0 aliphatic rings. The molecule has 0 atom stereocenters. The highest BCUT2D eigenvalue weighted by molar-refractivity contribution is 7.26. The second-order valence-corrected chi connectivity index (χ2v) is 12.7. The molecule has 4 aromatic heterocycles. The standard InChI is InChI=1S/C41H25N3S/c1-4-16-35-29(12-1)30-13-2-5-17-36(30)43(35)28-19-22-39-33(25-28)31-20-21-38-40(41(31)45-39)32-14-3-6-18-37(32)44(38)27-11-9-10-26(24-27)34-15-7-8-23-42-34/h1-25H. The van der Waals surface area contributed by atoms with Crippen molar-refractivity contribution in [2.75, 3.05) is 0 Å². The van der Waals surface area contributed by atoms with Gasteiger partial charge in [0.2, 0.25) is 0 Å². The largest absolute Gasteiger partial charge is 0.309 e. The van der Waals surface area contributed by atoms with E-state index in [1.807, 2.05) is 29.7 Å². The smallest absolute Gasteiger partial charge is 0.0702 e. The molecule has 0 aliphatic heterocycles. The average molecular weight is 592 g/mol. The maximum absolute atomic E-state index is 4.61. The highest BCUT2D eigenvalue weighted by Gasteiger charge is 2.19. The molecule has 0 fully saturated rings. The summed E-state index contributed by atoms with van der Waals surface area (Å²) in [7, 11) is 0. The van der Waals surface area contributed by atoms with Crippen molar-refractivity contribution >= 4 is 75.1 Å². The van der Waals surface area contributed by atoms with Crippen LogP contribution in [0.15, 0.2) is 152 Å². The summed E-state index contributed by atoms with van der Waals surface area (Å²) in [5.74, 6) is 0. The molecule has 10 aromatic rings. The molecular formula is C41H25N3S. The van der Waals surface area contributed by atoms with E-state index in [9.17, 15) is 0 Å². The number of pyridine rings is 1. The predicted octanol–water partition coefficient (Wildman–Crippen LogP) is 11.3. The fourth-order valence-corrected chi connectivity index (χ4v) is 8.47. The first-order chi connectivity index (χ1) is 22.3. The lowest BCUT2D eigenvalue weighted by atomic mass is 10.1. The van der Waals surface area contributed by atoms with Crippen molar-refractivity contribution in [3.63, 3.8) is 0 Å². The molecule has 3 nitrogen and oxygen atoms in total. The molecule has 4 heteroatoms. The van der Waals surface area contributed by atoms with Crippen LogP contribution in [-0.4, -0.2) is 14.1 Å². The van der Waals surface area contributed by atoms with Crippen LogP contribution >= 0.6 is 11.3 Å². The third kappa shape index (κ3) is 3.54. The predicted molar refractivity (Wildman–Crippen MR) is 191 cm³/mol. The van der Waals surface area contributed by atoms with E-state index in [2.05, 4.69) is 148 Å². The van der Waals surface area contributed by atoms with Crippen molar-refractivity contribution in [1.82, 2.24) is 14.1 Å². The van der Waals surface area contributed by atoms with Crippen LogP contribution in [0.3, 0.4) is 0 Å². The molecular weight excluding hydrogens is 567 g/mol. The van der Waals surface area contributed by atoms with Crippen LogP contribution in [-0.2, 0) is 0 Å². The molecule has 0 aliphatic carbocycles. The first-order valence-electron chi connectivity index (χ1n) is 15.2. The maximum atomic E-state index is 4.61. The molecule has 210 valence electrons. The molecule has 45 heavy (non-hydrogen) atoms. The lowest BCUT2D eigenvalue weighted by molar-refractivity contribution is 1.18. The number of nitrogens with zero attached hydrogens (tertiary/aromatic N) is 3. The Labute approximate surface area is 262 Å². The quantitative estimate of drug-likeness (QED) is 0.200. The molecule has 0 saturated carbocycles. The van der Waals surface area contributed by atoms with Crippen molar-refractivity contribution < 1.29 is 0 Å². The highest BCUT2D eigenvalue weighted by atomic mass is 32.1. The number of hydrogen-bond acceptors (Lipinski definition) is 2. The van der Waals surface area contributed by atoms with E-state index in [-0.39, 0.29) is 0 Å². The third-order valence-electron chi connectivity index (χ3n) is 9.16. The number of benzene rings is 6. The fraction of sp³-hybridized carbons (Fsp3) is 0. The number of para-hydroxylation sites is 3. The van der Waals surface area contributed by atoms with Gasteiger partial charge in [0.1, 0.15) is 0 Å². The van der Waals surface area contributed by atoms with E-state index < -0.39 is 0 Å². The zero-order chi connectivity index (χ0) is 29.5. The monoisotopic (exact) mass is 591 g/mol. The van der Waals surface area contributed by atoms with Gasteiger partial charge in [0.15, 0.2) is 0 Å². The second-order valence-electron chi connectivity index (χ2n) is 11.6. The third-order valence-corrected chi connectivity index (χ3v) is 10.4. The van der Waals surface area contributed by atoms with Gasteiger partial charge in [0.25, 0.3) is 0 Å². The van der Waals surface area contributed by atoms with Gasteiger partial charge < -0.3 is 9.13 Å². The minimum Gasteiger partial charge on any atom is -0.309 e. The van der Waals surface area contributed by atoms with E-state index >= 15 is 0 Å². The van der Waals surface area contributed by atoms with Crippen molar-refractivity contribution in [2.24, 2.45) is 0 Å². The Hall–Kier alpha value is -5.71. The van der Waals surface area contributed by atoms with Gasteiger partial charge in [-0.2, -0.15) is 0 Å². The van der Waals surface area contributed by atoms with Crippen molar-refractivity contribution in [3.05, 3.63) is 152 Å². The van der Waals surface area contributed by atoms with E-state index in [1.54, 1.807) is 0 Å². The summed E-state index contributed by atoms with van der Waals surface area (Å²) in [6, 6.07) is 52.6. The van der Waals surface area contributed by atoms with Gasteiger partial charge >= 0.3 is 0 Å². The summed E-state index contributed by atoms with van der Waals surface area (Å²) in [6.45, 7) is 0. The minimum absolute atomic E-state index is 0.978. The number of fused-ring (bicyclic) bond motifs is 10. The lowest BCUT2D eigenvalue weighted by Gasteiger charge is -2.10. The van der Waals surface area contributed by atoms with Gasteiger partial charge in [-0.3, -0.25) is 4.98 Å². The van der Waals surface area contributed by atoms with Crippen LogP contribution in [0, 0.1) is 0 Å². The van der Waals surface area contributed by atoms with Crippen molar-refractivity contribution in [3.8, 4) is 22.6 Å². The summed E-state index contributed by atoms with van der Waals surface area (Å²) in [4.78, 5) is 4.61. The lowest BCUT2D eigenvalue weighted by Crippen LogP contribution is -1.94. The van der Waals surface area contributed by atoms with Crippen LogP contribution in [0.1, 0.15) is 0 Å². The normalized spacial score (nSPS) is 12.0. The highest BCUT2D eigenvalue weighted by Crippen LogP contribution is 2.44. The first kappa shape index (κ1) is 24.7. The van der Waals surface area contributed by atoms with Crippen molar-refractivity contribution in [1.29, 1.82) is 0 Å². The van der Waals surface area contributed by atoms with Crippen LogP contribution in [0.4, 0.5) is 0 Å². The SMILES string of the molecule is c1ccc(-c2cccc(-n3c4ccccc4c4c5sc6ccc(-n7c8ccccc8c8ccccc87)cc6c5ccc43)c2)nc1. The molecule has 0 unspecified atom stereocenters. The van der Waals surface area contributed by atoms with Gasteiger partial charge in [-0.1, -0.05) is 78.9 Å². The molecule has 0 spiro atoms. The Morgan fingerprint density at radius 3 is 1.87 bits per heavy atom. The van der Waals surface area contributed by atoms with Crippen molar-refractivity contribution in [2.45, 2.75) is 0 Å². The summed E-state index contributed by atoms with van der Waals surface area (Å²) < 4.78 is 7.45. The molecule has 4 heterocycles. The first-order valence-corrected chi connectivity index (χ1v) is 16.0. The van der Waals surface area contributed by atoms with E-state index in [1.165, 1.54) is 69.5 Å². The van der Waals surface area contributed by atoms with Gasteiger partial charge in [-0.15, -0.1) is 11.3 Å². The molecule has 0 radical (unpaired) electrons.